The van der Waals surface area contributed by atoms with Crippen LogP contribution in [0.5, 0.6) is 5.75 Å². The number of aryl methyl sites for hydroxylation is 1. The minimum absolute atomic E-state index is 0.0224. The van der Waals surface area contributed by atoms with Crippen molar-refractivity contribution in [1.82, 2.24) is 9.97 Å². The van der Waals surface area contributed by atoms with Gasteiger partial charge in [-0.3, -0.25) is 0 Å². The van der Waals surface area contributed by atoms with Crippen LogP contribution in [0.3, 0.4) is 0 Å². The molecular weight excluding hydrogens is 292 g/mol. The molecule has 3 rings (SSSR count). The van der Waals surface area contributed by atoms with E-state index >= 15 is 0 Å². The average Bonchev–Trinajstić information content (AvgIpc) is 2.80. The highest BCUT2D eigenvalue weighted by Crippen LogP contribution is 2.21. The first-order chi connectivity index (χ1) is 9.94. The highest BCUT2D eigenvalue weighted by Gasteiger charge is 2.17. The summed E-state index contributed by atoms with van der Waals surface area (Å²) in [6, 6.07) is 11.0. The van der Waals surface area contributed by atoms with Crippen LogP contribution in [0.1, 0.15) is 5.56 Å². The van der Waals surface area contributed by atoms with E-state index in [0.29, 0.717) is 11.0 Å². The fraction of sp³-hybridized carbons (Fsp3) is 0.0714. The van der Waals surface area contributed by atoms with Gasteiger partial charge >= 0.3 is 15.8 Å². The molecule has 0 radical (unpaired) electrons. The molecule has 6 nitrogen and oxygen atoms in total. The number of aromatic nitrogens is 2. The molecule has 7 heteroatoms. The zero-order valence-electron chi connectivity index (χ0n) is 11.1. The Morgan fingerprint density at radius 2 is 1.62 bits per heavy atom. The second-order valence-electron chi connectivity index (χ2n) is 4.64. The van der Waals surface area contributed by atoms with Crippen LogP contribution in [0.4, 0.5) is 0 Å². The molecule has 1 aromatic heterocycles. The first kappa shape index (κ1) is 13.4. The SMILES string of the molecule is Cc1ccc(OS(=O)(=O)c2ccc3[nH]c(=O)[nH]c3c2)cc1. The highest BCUT2D eigenvalue weighted by atomic mass is 32.2. The summed E-state index contributed by atoms with van der Waals surface area (Å²) in [4.78, 5) is 16.2. The summed E-state index contributed by atoms with van der Waals surface area (Å²) in [5.41, 5.74) is 1.56. The molecule has 0 aliphatic heterocycles. The molecule has 0 aliphatic carbocycles. The Morgan fingerprint density at radius 1 is 0.952 bits per heavy atom. The molecular formula is C14H12N2O4S. The molecule has 0 bridgehead atoms. The van der Waals surface area contributed by atoms with E-state index in [1.165, 1.54) is 18.2 Å². The maximum Gasteiger partial charge on any atom is 0.339 e. The van der Waals surface area contributed by atoms with Crippen LogP contribution in [0, 0.1) is 6.92 Å². The minimum Gasteiger partial charge on any atom is -0.379 e. The van der Waals surface area contributed by atoms with Gasteiger partial charge in [-0.25, -0.2) is 4.79 Å². The van der Waals surface area contributed by atoms with Crippen molar-refractivity contribution in [3.05, 3.63) is 58.5 Å². The number of hydrogen-bond acceptors (Lipinski definition) is 4. The first-order valence-electron chi connectivity index (χ1n) is 6.17. The number of rotatable bonds is 3. The van der Waals surface area contributed by atoms with Crippen molar-refractivity contribution in [1.29, 1.82) is 0 Å². The van der Waals surface area contributed by atoms with Gasteiger partial charge in [0, 0.05) is 0 Å². The molecule has 2 aromatic carbocycles. The molecule has 21 heavy (non-hydrogen) atoms. The topological polar surface area (TPSA) is 92.0 Å². The lowest BCUT2D eigenvalue weighted by Crippen LogP contribution is -2.09. The van der Waals surface area contributed by atoms with Gasteiger partial charge in [-0.1, -0.05) is 17.7 Å². The Balaban J connectivity index is 1.99. The van der Waals surface area contributed by atoms with Crippen molar-refractivity contribution < 1.29 is 12.6 Å². The van der Waals surface area contributed by atoms with E-state index < -0.39 is 10.1 Å². The smallest absolute Gasteiger partial charge is 0.339 e. The zero-order valence-corrected chi connectivity index (χ0v) is 11.9. The van der Waals surface area contributed by atoms with Crippen LogP contribution < -0.4 is 9.87 Å². The fourth-order valence-corrected chi connectivity index (χ4v) is 2.89. The monoisotopic (exact) mass is 304 g/mol. The van der Waals surface area contributed by atoms with Crippen LogP contribution in [0.15, 0.2) is 52.2 Å². The third-order valence-corrected chi connectivity index (χ3v) is 4.25. The van der Waals surface area contributed by atoms with Crippen molar-refractivity contribution in [2.75, 3.05) is 0 Å². The van der Waals surface area contributed by atoms with Crippen LogP contribution in [-0.4, -0.2) is 18.4 Å². The maximum absolute atomic E-state index is 12.2. The summed E-state index contributed by atoms with van der Waals surface area (Å²) in [5, 5.41) is 0. The third-order valence-electron chi connectivity index (χ3n) is 3.00. The van der Waals surface area contributed by atoms with Gasteiger partial charge in [0.05, 0.1) is 11.0 Å². The second kappa shape index (κ2) is 4.78. The predicted molar refractivity (Wildman–Crippen MR) is 77.9 cm³/mol. The van der Waals surface area contributed by atoms with Gasteiger partial charge in [0.15, 0.2) is 0 Å². The molecule has 1 heterocycles. The molecule has 3 aromatic rings. The van der Waals surface area contributed by atoms with Gasteiger partial charge in [-0.2, -0.15) is 8.42 Å². The molecule has 0 atom stereocenters. The van der Waals surface area contributed by atoms with Gasteiger partial charge in [0.1, 0.15) is 10.6 Å². The molecule has 108 valence electrons. The number of nitrogens with one attached hydrogen (secondary N) is 2. The van der Waals surface area contributed by atoms with Crippen LogP contribution in [0.2, 0.25) is 0 Å². The number of fused-ring (bicyclic) bond motifs is 1. The van der Waals surface area contributed by atoms with E-state index in [1.807, 2.05) is 6.92 Å². The number of aromatic amines is 2. The molecule has 0 saturated carbocycles. The summed E-state index contributed by atoms with van der Waals surface area (Å²) in [6.45, 7) is 1.90. The first-order valence-corrected chi connectivity index (χ1v) is 7.58. The van der Waals surface area contributed by atoms with E-state index in [4.69, 9.17) is 4.18 Å². The Labute approximate surface area is 120 Å². The highest BCUT2D eigenvalue weighted by molar-refractivity contribution is 7.87. The summed E-state index contributed by atoms with van der Waals surface area (Å²) in [6.07, 6.45) is 0. The van der Waals surface area contributed by atoms with Gasteiger partial charge < -0.3 is 14.2 Å². The van der Waals surface area contributed by atoms with Crippen molar-refractivity contribution in [2.24, 2.45) is 0 Å². The number of imidazole rings is 1. The van der Waals surface area contributed by atoms with Crippen molar-refractivity contribution in [3.63, 3.8) is 0 Å². The van der Waals surface area contributed by atoms with Crippen LogP contribution in [-0.2, 0) is 10.1 Å². The van der Waals surface area contributed by atoms with Crippen molar-refractivity contribution in [2.45, 2.75) is 11.8 Å². The largest absolute Gasteiger partial charge is 0.379 e. The lowest BCUT2D eigenvalue weighted by Gasteiger charge is -2.07. The van der Waals surface area contributed by atoms with Gasteiger partial charge in [-0.15, -0.1) is 0 Å². The lowest BCUT2D eigenvalue weighted by atomic mass is 10.2. The Kier molecular flexibility index (Phi) is 3.06. The molecule has 0 aliphatic rings. The number of hydrogen-bond donors (Lipinski definition) is 2. The summed E-state index contributed by atoms with van der Waals surface area (Å²) < 4.78 is 29.5. The van der Waals surface area contributed by atoms with E-state index in [9.17, 15) is 13.2 Å². The summed E-state index contributed by atoms with van der Waals surface area (Å²) in [5.74, 6) is 0.239. The van der Waals surface area contributed by atoms with Crippen LogP contribution in [0.25, 0.3) is 11.0 Å². The van der Waals surface area contributed by atoms with Crippen molar-refractivity contribution >= 4 is 21.2 Å². The van der Waals surface area contributed by atoms with E-state index in [1.54, 1.807) is 24.3 Å². The van der Waals surface area contributed by atoms with Gasteiger partial charge in [0.2, 0.25) is 0 Å². The number of benzene rings is 2. The van der Waals surface area contributed by atoms with E-state index in [-0.39, 0.29) is 16.3 Å². The van der Waals surface area contributed by atoms with Crippen molar-refractivity contribution in [3.8, 4) is 5.75 Å². The predicted octanol–water partition coefficient (Wildman–Crippen LogP) is 1.93. The van der Waals surface area contributed by atoms with E-state index in [0.717, 1.165) is 5.56 Å². The minimum atomic E-state index is -3.94. The zero-order chi connectivity index (χ0) is 15.0. The molecule has 2 N–H and O–H groups in total. The Hall–Kier alpha value is -2.54. The molecule has 0 saturated heterocycles. The number of H-pyrrole nitrogens is 2. The Bertz CT molecular complexity index is 953. The molecule has 0 spiro atoms. The average molecular weight is 304 g/mol. The molecule has 0 amide bonds. The second-order valence-corrected chi connectivity index (χ2v) is 6.18. The van der Waals surface area contributed by atoms with Gasteiger partial charge in [0.25, 0.3) is 0 Å². The van der Waals surface area contributed by atoms with Crippen LogP contribution >= 0.6 is 0 Å². The normalized spacial score (nSPS) is 11.7. The quantitative estimate of drug-likeness (QED) is 0.723. The maximum atomic E-state index is 12.2. The van der Waals surface area contributed by atoms with Gasteiger partial charge in [-0.05, 0) is 37.3 Å². The molecule has 0 unspecified atom stereocenters. The fourth-order valence-electron chi connectivity index (χ4n) is 1.94. The molecule has 0 fully saturated rings. The lowest BCUT2D eigenvalue weighted by molar-refractivity contribution is 0.486. The Morgan fingerprint density at radius 3 is 2.33 bits per heavy atom. The summed E-state index contributed by atoms with van der Waals surface area (Å²) >= 11 is 0. The van der Waals surface area contributed by atoms with E-state index in [2.05, 4.69) is 9.97 Å². The standard InChI is InChI=1S/C14H12N2O4S/c1-9-2-4-10(5-3-9)20-21(18,19)11-6-7-12-13(8-11)16-14(17)15-12/h2-8H,1H3,(H2,15,16,17). The summed E-state index contributed by atoms with van der Waals surface area (Å²) in [7, 11) is -3.94. The third kappa shape index (κ3) is 2.68.